The average Bonchev–Trinajstić information content (AvgIpc) is 3.01. The van der Waals surface area contributed by atoms with Gasteiger partial charge < -0.3 is 4.74 Å². The summed E-state index contributed by atoms with van der Waals surface area (Å²) in [6.07, 6.45) is 2.77. The van der Waals surface area contributed by atoms with Crippen molar-refractivity contribution in [3.63, 3.8) is 0 Å². The summed E-state index contributed by atoms with van der Waals surface area (Å²) in [5.41, 5.74) is 1.10. The van der Waals surface area contributed by atoms with Crippen LogP contribution < -0.4 is 4.74 Å². The Morgan fingerprint density at radius 1 is 1.14 bits per heavy atom. The van der Waals surface area contributed by atoms with E-state index < -0.39 is 0 Å². The van der Waals surface area contributed by atoms with E-state index in [2.05, 4.69) is 34.2 Å². The third-order valence-corrected chi connectivity index (χ3v) is 5.62. The minimum Gasteiger partial charge on any atom is -0.464 e. The van der Waals surface area contributed by atoms with Gasteiger partial charge in [0.15, 0.2) is 5.01 Å². The van der Waals surface area contributed by atoms with Crippen LogP contribution in [0.2, 0.25) is 0 Å². The molecule has 3 saturated heterocycles. The van der Waals surface area contributed by atoms with Crippen LogP contribution in [0.15, 0.2) is 30.3 Å². The van der Waals surface area contributed by atoms with E-state index >= 15 is 0 Å². The first-order valence-corrected chi connectivity index (χ1v) is 8.42. The van der Waals surface area contributed by atoms with Crippen LogP contribution in [0.5, 0.6) is 5.19 Å². The lowest BCUT2D eigenvalue weighted by Gasteiger charge is -2.48. The molecule has 3 aliphatic heterocycles. The number of rotatable bonds is 3. The van der Waals surface area contributed by atoms with E-state index in [0.717, 1.165) is 10.6 Å². The molecule has 0 radical (unpaired) electrons. The Hall–Kier alpha value is -1.46. The Bertz CT molecular complexity index is 605. The van der Waals surface area contributed by atoms with E-state index in [4.69, 9.17) is 4.74 Å². The molecule has 3 fully saturated rings. The zero-order valence-corrected chi connectivity index (χ0v) is 12.9. The Morgan fingerprint density at radius 3 is 2.62 bits per heavy atom. The molecule has 3 aliphatic rings. The maximum Gasteiger partial charge on any atom is 0.294 e. The molecule has 2 bridgehead atoms. The maximum atomic E-state index is 6.21. The van der Waals surface area contributed by atoms with Gasteiger partial charge in [0.2, 0.25) is 0 Å². The van der Waals surface area contributed by atoms with Crippen LogP contribution >= 0.6 is 11.3 Å². The van der Waals surface area contributed by atoms with Crippen molar-refractivity contribution in [3.8, 4) is 15.8 Å². The number of fused-ring (bicyclic) bond motifs is 3. The van der Waals surface area contributed by atoms with Gasteiger partial charge in [-0.05, 0) is 38.8 Å². The number of ether oxygens (including phenoxy) is 1. The van der Waals surface area contributed by atoms with Gasteiger partial charge in [-0.1, -0.05) is 46.8 Å². The fourth-order valence-corrected chi connectivity index (χ4v) is 4.26. The normalized spacial score (nSPS) is 31.3. The van der Waals surface area contributed by atoms with Crippen molar-refractivity contribution in [3.05, 3.63) is 30.3 Å². The van der Waals surface area contributed by atoms with E-state index in [-0.39, 0.29) is 6.10 Å². The van der Waals surface area contributed by atoms with Crippen LogP contribution in [-0.2, 0) is 0 Å². The molecule has 0 N–H and O–H groups in total. The molecular formula is C16H19N3OS. The minimum atomic E-state index is 0.268. The first-order valence-electron chi connectivity index (χ1n) is 7.61. The van der Waals surface area contributed by atoms with Gasteiger partial charge >= 0.3 is 0 Å². The number of hydrogen-bond donors (Lipinski definition) is 0. The second-order valence-electron chi connectivity index (χ2n) is 5.94. The highest BCUT2D eigenvalue weighted by Crippen LogP contribution is 2.36. The molecule has 1 aromatic carbocycles. The molecule has 5 heteroatoms. The van der Waals surface area contributed by atoms with Gasteiger partial charge in [-0.2, -0.15) is 0 Å². The van der Waals surface area contributed by atoms with Gasteiger partial charge in [-0.15, -0.1) is 5.10 Å². The molecule has 21 heavy (non-hydrogen) atoms. The first kappa shape index (κ1) is 13.2. The van der Waals surface area contributed by atoms with Crippen LogP contribution in [0.25, 0.3) is 10.6 Å². The summed E-state index contributed by atoms with van der Waals surface area (Å²) in [5, 5.41) is 10.1. The summed E-state index contributed by atoms with van der Waals surface area (Å²) >= 11 is 1.55. The zero-order chi connectivity index (χ0) is 14.2. The van der Waals surface area contributed by atoms with Gasteiger partial charge in [0.25, 0.3) is 5.19 Å². The molecular weight excluding hydrogens is 282 g/mol. The van der Waals surface area contributed by atoms with Gasteiger partial charge in [-0.3, -0.25) is 4.90 Å². The van der Waals surface area contributed by atoms with Crippen LogP contribution in [0, 0.1) is 5.92 Å². The average molecular weight is 301 g/mol. The minimum absolute atomic E-state index is 0.268. The fraction of sp³-hybridized carbons (Fsp3) is 0.500. The molecule has 4 heterocycles. The molecule has 4 nitrogen and oxygen atoms in total. The Morgan fingerprint density at radius 2 is 1.90 bits per heavy atom. The molecule has 5 rings (SSSR count). The summed E-state index contributed by atoms with van der Waals surface area (Å²) in [7, 11) is 0. The number of aromatic nitrogens is 2. The van der Waals surface area contributed by atoms with Crippen molar-refractivity contribution in [1.82, 2.24) is 15.1 Å². The summed E-state index contributed by atoms with van der Waals surface area (Å²) in [5.74, 6) is 0.675. The zero-order valence-electron chi connectivity index (χ0n) is 12.1. The summed E-state index contributed by atoms with van der Waals surface area (Å²) in [4.78, 5) is 2.53. The molecule has 2 unspecified atom stereocenters. The van der Waals surface area contributed by atoms with E-state index in [0.29, 0.717) is 17.2 Å². The Kier molecular flexibility index (Phi) is 3.39. The topological polar surface area (TPSA) is 38.3 Å². The van der Waals surface area contributed by atoms with Crippen LogP contribution in [0.4, 0.5) is 0 Å². The van der Waals surface area contributed by atoms with Crippen molar-refractivity contribution in [2.24, 2.45) is 5.92 Å². The van der Waals surface area contributed by atoms with Crippen LogP contribution in [-0.4, -0.2) is 40.3 Å². The fourth-order valence-electron chi connectivity index (χ4n) is 3.52. The van der Waals surface area contributed by atoms with Gasteiger partial charge in [-0.25, -0.2) is 0 Å². The standard InChI is InChI=1S/C16H19N3OS/c1-11-14(12-7-9-19(11)10-8-12)20-16-18-17-15(21-16)13-5-3-2-4-6-13/h2-6,11-12,14H,7-10H2,1H3. The molecule has 0 spiro atoms. The highest BCUT2D eigenvalue weighted by atomic mass is 32.1. The van der Waals surface area contributed by atoms with Crippen molar-refractivity contribution in [2.45, 2.75) is 31.9 Å². The smallest absolute Gasteiger partial charge is 0.294 e. The first-order chi connectivity index (χ1) is 10.3. The van der Waals surface area contributed by atoms with E-state index in [1.807, 2.05) is 18.2 Å². The molecule has 2 atom stereocenters. The molecule has 2 aromatic rings. The third kappa shape index (κ3) is 2.45. The lowest BCUT2D eigenvalue weighted by atomic mass is 9.81. The predicted molar refractivity (Wildman–Crippen MR) is 83.5 cm³/mol. The molecule has 0 saturated carbocycles. The SMILES string of the molecule is CC1C(Oc2nnc(-c3ccccc3)s2)C2CCN1CC2. The quantitative estimate of drug-likeness (QED) is 0.873. The molecule has 0 amide bonds. The summed E-state index contributed by atoms with van der Waals surface area (Å²) in [6, 6.07) is 10.7. The predicted octanol–water partition coefficient (Wildman–Crippen LogP) is 3.07. The monoisotopic (exact) mass is 301 g/mol. The number of piperidine rings is 3. The Labute approximate surface area is 128 Å². The number of nitrogens with zero attached hydrogens (tertiary/aromatic N) is 3. The van der Waals surface area contributed by atoms with E-state index in [9.17, 15) is 0 Å². The second-order valence-corrected chi connectivity index (χ2v) is 6.88. The third-order valence-electron chi connectivity index (χ3n) is 4.75. The number of hydrogen-bond acceptors (Lipinski definition) is 5. The summed E-state index contributed by atoms with van der Waals surface area (Å²) < 4.78 is 6.21. The second kappa shape index (κ2) is 5.39. The summed E-state index contributed by atoms with van der Waals surface area (Å²) in [6.45, 7) is 4.71. The molecule has 110 valence electrons. The number of benzene rings is 1. The van der Waals surface area contributed by atoms with Crippen molar-refractivity contribution in [1.29, 1.82) is 0 Å². The maximum absolute atomic E-state index is 6.21. The van der Waals surface area contributed by atoms with E-state index in [1.54, 1.807) is 11.3 Å². The van der Waals surface area contributed by atoms with Gasteiger partial charge in [0.1, 0.15) is 6.10 Å². The lowest BCUT2D eigenvalue weighted by Crippen LogP contribution is -2.58. The highest BCUT2D eigenvalue weighted by Gasteiger charge is 2.41. The van der Waals surface area contributed by atoms with E-state index in [1.165, 1.54) is 25.9 Å². The highest BCUT2D eigenvalue weighted by molar-refractivity contribution is 7.16. The largest absolute Gasteiger partial charge is 0.464 e. The molecule has 0 aliphatic carbocycles. The van der Waals surface area contributed by atoms with Crippen LogP contribution in [0.1, 0.15) is 19.8 Å². The van der Waals surface area contributed by atoms with Gasteiger partial charge in [0, 0.05) is 11.6 Å². The Balaban J connectivity index is 1.52. The van der Waals surface area contributed by atoms with Crippen LogP contribution in [0.3, 0.4) is 0 Å². The van der Waals surface area contributed by atoms with Crippen molar-refractivity contribution in [2.75, 3.05) is 13.1 Å². The van der Waals surface area contributed by atoms with Crippen molar-refractivity contribution >= 4 is 11.3 Å². The lowest BCUT2D eigenvalue weighted by molar-refractivity contribution is -0.0510. The van der Waals surface area contributed by atoms with Crippen molar-refractivity contribution < 1.29 is 4.74 Å². The van der Waals surface area contributed by atoms with Gasteiger partial charge in [0.05, 0.1) is 0 Å². The molecule has 1 aromatic heterocycles.